The van der Waals surface area contributed by atoms with Gasteiger partial charge >= 0.3 is 0 Å². The second kappa shape index (κ2) is 11.2. The van der Waals surface area contributed by atoms with Gasteiger partial charge in [0.05, 0.1) is 0 Å². The first-order valence-corrected chi connectivity index (χ1v) is 10.1. The lowest BCUT2D eigenvalue weighted by Crippen LogP contribution is -2.43. The smallest absolute Gasteiger partial charge is 0.258 e. The van der Waals surface area contributed by atoms with Crippen LogP contribution < -0.4 is 15.4 Å². The Morgan fingerprint density at radius 3 is 2.46 bits per heavy atom. The van der Waals surface area contributed by atoms with Gasteiger partial charge in [-0.25, -0.2) is 0 Å². The fraction of sp³-hybridized carbons (Fsp3) is 0.650. The number of benzene rings is 1. The van der Waals surface area contributed by atoms with Gasteiger partial charge in [-0.3, -0.25) is 4.79 Å². The maximum Gasteiger partial charge on any atom is 0.258 e. The van der Waals surface area contributed by atoms with Crippen LogP contribution in [0.4, 0.5) is 0 Å². The van der Waals surface area contributed by atoms with Gasteiger partial charge in [0.25, 0.3) is 5.91 Å². The second-order valence-corrected chi connectivity index (χ2v) is 8.82. The third-order valence-electron chi connectivity index (χ3n) is 4.33. The topological polar surface area (TPSA) is 50.4 Å². The minimum absolute atomic E-state index is 0. The fourth-order valence-electron chi connectivity index (χ4n) is 3.16. The summed E-state index contributed by atoms with van der Waals surface area (Å²) in [5.41, 5.74) is 0.839. The van der Waals surface area contributed by atoms with E-state index in [1.54, 1.807) is 0 Å². The number of rotatable bonds is 6. The summed E-state index contributed by atoms with van der Waals surface area (Å²) in [5, 5.41) is 6.59. The van der Waals surface area contributed by atoms with Gasteiger partial charge < -0.3 is 15.4 Å². The summed E-state index contributed by atoms with van der Waals surface area (Å²) in [6.07, 6.45) is 7.83. The Bertz CT molecular complexity index is 567. The van der Waals surface area contributed by atoms with E-state index in [9.17, 15) is 4.79 Å². The van der Waals surface area contributed by atoms with Crippen LogP contribution in [-0.4, -0.2) is 24.1 Å². The van der Waals surface area contributed by atoms with E-state index in [1.165, 1.54) is 38.5 Å². The van der Waals surface area contributed by atoms with Crippen LogP contribution in [0, 0.1) is 0 Å². The summed E-state index contributed by atoms with van der Waals surface area (Å²) < 4.78 is 6.82. The first kappa shape index (κ1) is 23.3. The molecule has 1 aliphatic rings. The predicted octanol–water partition coefficient (Wildman–Crippen LogP) is 4.98. The van der Waals surface area contributed by atoms with Crippen LogP contribution >= 0.6 is 28.3 Å². The van der Waals surface area contributed by atoms with Crippen LogP contribution in [0.15, 0.2) is 22.7 Å². The average Bonchev–Trinajstić information content (AvgIpc) is 2.79. The molecule has 0 aliphatic heterocycles. The van der Waals surface area contributed by atoms with E-state index < -0.39 is 0 Å². The molecule has 2 N–H and O–H groups in total. The van der Waals surface area contributed by atoms with Gasteiger partial charge in [0.2, 0.25) is 0 Å². The maximum atomic E-state index is 12.0. The van der Waals surface area contributed by atoms with Crippen molar-refractivity contribution in [1.82, 2.24) is 10.6 Å². The molecule has 1 aromatic carbocycles. The molecule has 148 valence electrons. The molecule has 1 saturated carbocycles. The molecule has 26 heavy (non-hydrogen) atoms. The summed E-state index contributed by atoms with van der Waals surface area (Å²) in [4.78, 5) is 12.0. The molecular weight excluding hydrogens is 416 g/mol. The van der Waals surface area contributed by atoms with Gasteiger partial charge in [0.15, 0.2) is 6.61 Å². The highest BCUT2D eigenvalue weighted by Crippen LogP contribution is 2.24. The molecule has 2 rings (SSSR count). The van der Waals surface area contributed by atoms with Crippen molar-refractivity contribution in [2.75, 3.05) is 6.61 Å². The highest BCUT2D eigenvalue weighted by molar-refractivity contribution is 9.10. The van der Waals surface area contributed by atoms with Crippen LogP contribution in [0.2, 0.25) is 0 Å². The third-order valence-corrected chi connectivity index (χ3v) is 4.83. The molecule has 0 heterocycles. The van der Waals surface area contributed by atoms with Gasteiger partial charge in [0, 0.05) is 28.2 Å². The first-order valence-electron chi connectivity index (χ1n) is 9.29. The third kappa shape index (κ3) is 8.74. The molecule has 0 atom stereocenters. The summed E-state index contributed by atoms with van der Waals surface area (Å²) in [7, 11) is 0. The van der Waals surface area contributed by atoms with Gasteiger partial charge in [-0.2, -0.15) is 0 Å². The highest BCUT2D eigenvalue weighted by atomic mass is 79.9. The zero-order valence-electron chi connectivity index (χ0n) is 16.1. The van der Waals surface area contributed by atoms with Crippen LogP contribution in [0.3, 0.4) is 0 Å². The van der Waals surface area contributed by atoms with Gasteiger partial charge in [-0.1, -0.05) is 41.6 Å². The van der Waals surface area contributed by atoms with Crippen molar-refractivity contribution in [3.05, 3.63) is 28.2 Å². The average molecular weight is 448 g/mol. The Labute approximate surface area is 172 Å². The number of carbonyl (C=O) groups is 1. The van der Waals surface area contributed by atoms with E-state index >= 15 is 0 Å². The van der Waals surface area contributed by atoms with E-state index in [-0.39, 0.29) is 30.5 Å². The molecule has 0 unspecified atom stereocenters. The van der Waals surface area contributed by atoms with Crippen molar-refractivity contribution in [1.29, 1.82) is 0 Å². The molecule has 0 saturated heterocycles. The van der Waals surface area contributed by atoms with Crippen LogP contribution in [0.25, 0.3) is 0 Å². The zero-order valence-corrected chi connectivity index (χ0v) is 18.5. The Morgan fingerprint density at radius 2 is 1.85 bits per heavy atom. The lowest BCUT2D eigenvalue weighted by molar-refractivity contribution is -0.124. The number of nitrogens with one attached hydrogen (secondary N) is 2. The fourth-order valence-corrected chi connectivity index (χ4v) is 3.57. The summed E-state index contributed by atoms with van der Waals surface area (Å²) in [6.45, 7) is 6.70. The highest BCUT2D eigenvalue weighted by Gasteiger charge is 2.16. The Kier molecular flexibility index (Phi) is 9.98. The van der Waals surface area contributed by atoms with Crippen molar-refractivity contribution in [3.8, 4) is 5.75 Å². The second-order valence-electron chi connectivity index (χ2n) is 7.91. The van der Waals surface area contributed by atoms with E-state index in [0.29, 0.717) is 6.04 Å². The van der Waals surface area contributed by atoms with E-state index in [0.717, 1.165) is 22.3 Å². The number of amides is 1. The Balaban J connectivity index is 0.00000338. The van der Waals surface area contributed by atoms with E-state index in [4.69, 9.17) is 4.74 Å². The van der Waals surface area contributed by atoms with Crippen molar-refractivity contribution >= 4 is 34.2 Å². The van der Waals surface area contributed by atoms with Crippen molar-refractivity contribution < 1.29 is 9.53 Å². The SMILES string of the molecule is CC(C)(C)NC(=O)COc1ccc(Br)cc1CNC1CCCCCC1.Cl. The standard InChI is InChI=1S/C20H31BrN2O2.ClH/c1-20(2,3)23-19(24)14-25-18-11-10-16(21)12-15(18)13-22-17-8-6-4-5-7-9-17;/h10-12,17,22H,4-9,13-14H2,1-3H3,(H,23,24);1H. The van der Waals surface area contributed by atoms with Gasteiger partial charge in [-0.15, -0.1) is 12.4 Å². The molecule has 6 heteroatoms. The van der Waals surface area contributed by atoms with Crippen molar-refractivity contribution in [2.45, 2.75) is 77.4 Å². The zero-order chi connectivity index (χ0) is 18.3. The van der Waals surface area contributed by atoms with Crippen LogP contribution in [-0.2, 0) is 11.3 Å². The van der Waals surface area contributed by atoms with Crippen LogP contribution in [0.5, 0.6) is 5.75 Å². The lowest BCUT2D eigenvalue weighted by atomic mass is 10.1. The number of hydrogen-bond donors (Lipinski definition) is 2. The number of halogens is 2. The maximum absolute atomic E-state index is 12.0. The quantitative estimate of drug-likeness (QED) is 0.605. The molecule has 0 bridgehead atoms. The number of carbonyl (C=O) groups excluding carboxylic acids is 1. The summed E-state index contributed by atoms with van der Waals surface area (Å²) in [6, 6.07) is 6.53. The molecule has 0 aromatic heterocycles. The van der Waals surface area contributed by atoms with E-state index in [2.05, 4.69) is 32.6 Å². The molecule has 1 aromatic rings. The Morgan fingerprint density at radius 1 is 1.19 bits per heavy atom. The summed E-state index contributed by atoms with van der Waals surface area (Å²) >= 11 is 3.53. The minimum atomic E-state index is -0.246. The van der Waals surface area contributed by atoms with Gasteiger partial charge in [-0.05, 0) is 51.8 Å². The Hall–Kier alpha value is -0.780. The van der Waals surface area contributed by atoms with Crippen molar-refractivity contribution in [3.63, 3.8) is 0 Å². The molecule has 0 radical (unpaired) electrons. The molecule has 1 amide bonds. The number of ether oxygens (including phenoxy) is 1. The predicted molar refractivity (Wildman–Crippen MR) is 113 cm³/mol. The molecule has 4 nitrogen and oxygen atoms in total. The number of hydrogen-bond acceptors (Lipinski definition) is 3. The molecule has 0 spiro atoms. The largest absolute Gasteiger partial charge is 0.483 e. The monoisotopic (exact) mass is 446 g/mol. The molecular formula is C20H32BrClN2O2. The lowest BCUT2D eigenvalue weighted by Gasteiger charge is -2.21. The molecule has 1 aliphatic carbocycles. The van der Waals surface area contributed by atoms with Crippen molar-refractivity contribution in [2.24, 2.45) is 0 Å². The molecule has 1 fully saturated rings. The normalized spacial score (nSPS) is 15.7. The summed E-state index contributed by atoms with van der Waals surface area (Å²) in [5.74, 6) is 0.673. The van der Waals surface area contributed by atoms with Gasteiger partial charge in [0.1, 0.15) is 5.75 Å². The first-order chi connectivity index (χ1) is 11.8. The minimum Gasteiger partial charge on any atom is -0.483 e. The van der Waals surface area contributed by atoms with Crippen LogP contribution in [0.1, 0.15) is 64.9 Å². The van der Waals surface area contributed by atoms with E-state index in [1.807, 2.05) is 32.9 Å².